The Morgan fingerprint density at radius 2 is 1.12 bits per heavy atom. The van der Waals surface area contributed by atoms with Gasteiger partial charge in [-0.3, -0.25) is 10.0 Å². The zero-order valence-electron chi connectivity index (χ0n) is 31.6. The van der Waals surface area contributed by atoms with Crippen LogP contribution >= 0.6 is 0 Å². The molecule has 2 heterocycles. The number of benzene rings is 4. The largest absolute Gasteiger partial charge is 0.416 e. The molecular formula is C45H56N4OSi. The van der Waals surface area contributed by atoms with E-state index in [4.69, 9.17) is 14.6 Å². The Morgan fingerprint density at radius 3 is 1.53 bits per heavy atom. The molecule has 4 aromatic carbocycles. The molecule has 0 N–H and O–H groups in total. The fourth-order valence-corrected chi connectivity index (χ4v) is 8.93. The third-order valence-corrected chi connectivity index (χ3v) is 16.3. The Labute approximate surface area is 307 Å². The van der Waals surface area contributed by atoms with Crippen LogP contribution in [0.25, 0.3) is 0 Å². The van der Waals surface area contributed by atoms with Crippen molar-refractivity contribution in [2.24, 2.45) is 27.5 Å². The number of rotatable bonds is 12. The van der Waals surface area contributed by atoms with Gasteiger partial charge in [-0.2, -0.15) is 10.2 Å². The van der Waals surface area contributed by atoms with Gasteiger partial charge >= 0.3 is 0 Å². The lowest BCUT2D eigenvalue weighted by Gasteiger charge is -2.37. The molecule has 51 heavy (non-hydrogen) atoms. The molecule has 266 valence electrons. The van der Waals surface area contributed by atoms with Crippen LogP contribution in [-0.4, -0.2) is 36.9 Å². The van der Waals surface area contributed by atoms with Gasteiger partial charge in [0.25, 0.3) is 0 Å². The van der Waals surface area contributed by atoms with Gasteiger partial charge in [-0.1, -0.05) is 156 Å². The maximum absolute atomic E-state index is 6.95. The van der Waals surface area contributed by atoms with Gasteiger partial charge in [-0.15, -0.1) is 0 Å². The summed E-state index contributed by atoms with van der Waals surface area (Å²) in [5, 5.41) is 15.7. The van der Waals surface area contributed by atoms with Crippen molar-refractivity contribution in [2.45, 2.75) is 96.2 Å². The molecule has 3 aliphatic rings. The second kappa shape index (κ2) is 14.2. The molecule has 0 radical (unpaired) electrons. The fourth-order valence-electron chi connectivity index (χ4n) is 7.87. The van der Waals surface area contributed by atoms with Crippen LogP contribution in [0.2, 0.25) is 18.1 Å². The van der Waals surface area contributed by atoms with Crippen molar-refractivity contribution < 1.29 is 4.43 Å². The Bertz CT molecular complexity index is 1710. The summed E-state index contributed by atoms with van der Waals surface area (Å²) in [5.41, 5.74) is 6.81. The van der Waals surface area contributed by atoms with E-state index in [9.17, 15) is 0 Å². The van der Waals surface area contributed by atoms with Crippen LogP contribution in [0.5, 0.6) is 0 Å². The number of hydrogen-bond donors (Lipinski definition) is 0. The summed E-state index contributed by atoms with van der Waals surface area (Å²) in [4.78, 5) is 0. The smallest absolute Gasteiger partial charge is 0.192 e. The van der Waals surface area contributed by atoms with Gasteiger partial charge in [0.1, 0.15) is 0 Å². The number of hydrazone groups is 2. The lowest BCUT2D eigenvalue weighted by Crippen LogP contribution is -2.42. The first kappa shape index (κ1) is 35.4. The van der Waals surface area contributed by atoms with Crippen molar-refractivity contribution in [3.63, 3.8) is 0 Å². The van der Waals surface area contributed by atoms with E-state index in [1.807, 2.05) is 0 Å². The Kier molecular flexibility index (Phi) is 9.85. The van der Waals surface area contributed by atoms with Crippen LogP contribution in [-0.2, 0) is 4.43 Å². The Morgan fingerprint density at radius 1 is 0.706 bits per heavy atom. The highest BCUT2D eigenvalue weighted by Gasteiger charge is 2.51. The maximum Gasteiger partial charge on any atom is 0.192 e. The normalized spacial score (nSPS) is 25.8. The first-order chi connectivity index (χ1) is 24.4. The van der Waals surface area contributed by atoms with Crippen LogP contribution in [0.3, 0.4) is 0 Å². The summed E-state index contributed by atoms with van der Waals surface area (Å²) >= 11 is 0. The second-order valence-electron chi connectivity index (χ2n) is 17.3. The van der Waals surface area contributed by atoms with Crippen molar-refractivity contribution in [1.82, 2.24) is 10.0 Å². The van der Waals surface area contributed by atoms with Crippen LogP contribution in [0.15, 0.2) is 132 Å². The van der Waals surface area contributed by atoms with Crippen molar-refractivity contribution in [3.05, 3.63) is 144 Å². The minimum absolute atomic E-state index is 0.144. The van der Waals surface area contributed by atoms with E-state index in [2.05, 4.69) is 185 Å². The monoisotopic (exact) mass is 696 g/mol. The summed E-state index contributed by atoms with van der Waals surface area (Å²) in [6, 6.07) is 44.5. The van der Waals surface area contributed by atoms with E-state index < -0.39 is 8.32 Å². The number of hydrogen-bond acceptors (Lipinski definition) is 5. The lowest BCUT2D eigenvalue weighted by molar-refractivity contribution is 0.242. The van der Waals surface area contributed by atoms with Gasteiger partial charge < -0.3 is 4.43 Å². The van der Waals surface area contributed by atoms with Gasteiger partial charge in [0.15, 0.2) is 8.32 Å². The average molecular weight is 697 g/mol. The van der Waals surface area contributed by atoms with Crippen LogP contribution in [0.4, 0.5) is 0 Å². The standard InChI is InChI=1S/C45H56N4OSi/c1-44(2,3)51(6,7)50-32-33(31-46-48-40(34-20-12-8-13-21-34)41(48)35-22-14-9-15-23-35)28-38-29-45(4,5)30-39(38)47-49-42(36-24-16-10-17-25-36)43(49)37-26-18-11-19-27-37/h8-27,31,33,38,40-43H,28-30,32H2,1-7H3/b46-31-,47-39+/t33?,38?,40-,41-,42-,43-/m0/s1. The zero-order chi connectivity index (χ0) is 35.8. The van der Waals surface area contributed by atoms with Crippen molar-refractivity contribution >= 4 is 20.2 Å². The lowest BCUT2D eigenvalue weighted by atomic mass is 9.88. The van der Waals surface area contributed by atoms with E-state index >= 15 is 0 Å². The Hall–Kier alpha value is -4.00. The zero-order valence-corrected chi connectivity index (χ0v) is 32.6. The topological polar surface area (TPSA) is 40.0 Å². The summed E-state index contributed by atoms with van der Waals surface area (Å²) in [6.07, 6.45) is 5.35. The third-order valence-electron chi connectivity index (χ3n) is 11.8. The van der Waals surface area contributed by atoms with E-state index in [1.165, 1.54) is 28.0 Å². The molecule has 0 bridgehead atoms. The van der Waals surface area contributed by atoms with Gasteiger partial charge in [0, 0.05) is 30.4 Å². The fraction of sp³-hybridized carbons (Fsp3) is 0.422. The van der Waals surface area contributed by atoms with Crippen LogP contribution in [0, 0.1) is 17.3 Å². The molecule has 2 unspecified atom stereocenters. The van der Waals surface area contributed by atoms with Gasteiger partial charge in [-0.25, -0.2) is 0 Å². The summed E-state index contributed by atoms with van der Waals surface area (Å²) < 4.78 is 6.95. The highest BCUT2D eigenvalue weighted by atomic mass is 28.4. The summed E-state index contributed by atoms with van der Waals surface area (Å²) in [7, 11) is -1.96. The van der Waals surface area contributed by atoms with E-state index in [0.29, 0.717) is 12.5 Å². The average Bonchev–Trinajstić information content (AvgIpc) is 4.01. The third kappa shape index (κ3) is 7.92. The molecular weight excluding hydrogens is 641 g/mol. The van der Waals surface area contributed by atoms with Crippen LogP contribution in [0.1, 0.15) is 100 Å². The molecule has 1 aliphatic carbocycles. The van der Waals surface area contributed by atoms with Gasteiger partial charge in [0.2, 0.25) is 0 Å². The first-order valence-electron chi connectivity index (χ1n) is 18.9. The molecule has 0 amide bonds. The molecule has 6 atom stereocenters. The number of nitrogens with zero attached hydrogens (tertiary/aromatic N) is 4. The SMILES string of the molecule is CC1(C)C/C(=N\N2[C@@H](c3ccccc3)[C@@H]2c2ccccc2)C(CC(/C=N\N2[C@@H](c3ccccc3)[C@@H]2c2ccccc2)CO[Si](C)(C)C(C)(C)C)C1. The van der Waals surface area contributed by atoms with Crippen molar-refractivity contribution in [2.75, 3.05) is 6.61 Å². The molecule has 0 aromatic heterocycles. The van der Waals surface area contributed by atoms with Gasteiger partial charge in [0.05, 0.1) is 24.2 Å². The minimum atomic E-state index is -1.96. The molecule has 4 aromatic rings. The molecule has 2 aliphatic heterocycles. The van der Waals surface area contributed by atoms with Gasteiger partial charge in [-0.05, 0) is 65.1 Å². The molecule has 3 fully saturated rings. The molecule has 2 saturated heterocycles. The molecule has 5 nitrogen and oxygen atoms in total. The maximum atomic E-state index is 6.95. The Balaban J connectivity index is 1.17. The van der Waals surface area contributed by atoms with E-state index in [0.717, 1.165) is 19.3 Å². The van der Waals surface area contributed by atoms with Crippen molar-refractivity contribution in [3.8, 4) is 0 Å². The van der Waals surface area contributed by atoms with E-state index in [1.54, 1.807) is 0 Å². The highest BCUT2D eigenvalue weighted by molar-refractivity contribution is 6.74. The first-order valence-corrected chi connectivity index (χ1v) is 21.8. The second-order valence-corrected chi connectivity index (χ2v) is 22.2. The molecule has 6 heteroatoms. The highest BCUT2D eigenvalue weighted by Crippen LogP contribution is 2.57. The van der Waals surface area contributed by atoms with Crippen molar-refractivity contribution in [1.29, 1.82) is 0 Å². The summed E-state index contributed by atoms with van der Waals surface area (Å²) in [6.45, 7) is 17.2. The molecule has 7 rings (SSSR count). The van der Waals surface area contributed by atoms with E-state index in [-0.39, 0.29) is 40.5 Å². The quantitative estimate of drug-likeness (QED) is 0.0841. The minimum Gasteiger partial charge on any atom is -0.416 e. The predicted molar refractivity (Wildman–Crippen MR) is 214 cm³/mol. The summed E-state index contributed by atoms with van der Waals surface area (Å²) in [5.74, 6) is 0.553. The molecule has 0 spiro atoms. The van der Waals surface area contributed by atoms with Crippen LogP contribution < -0.4 is 0 Å². The molecule has 1 saturated carbocycles. The predicted octanol–water partition coefficient (Wildman–Crippen LogP) is 11.4.